The van der Waals surface area contributed by atoms with Gasteiger partial charge in [-0.15, -0.1) is 0 Å². The zero-order chi connectivity index (χ0) is 19.3. The molecule has 0 saturated carbocycles. The maximum Gasteiger partial charge on any atom is 0.355 e. The highest BCUT2D eigenvalue weighted by Gasteiger charge is 2.25. The second-order valence-corrected chi connectivity index (χ2v) is 5.95. The van der Waals surface area contributed by atoms with Crippen molar-refractivity contribution in [3.05, 3.63) is 58.4 Å². The first-order valence-electron chi connectivity index (χ1n) is 8.64. The van der Waals surface area contributed by atoms with Gasteiger partial charge in [0.15, 0.2) is 5.78 Å². The number of hydrogen-bond acceptors (Lipinski definition) is 4. The van der Waals surface area contributed by atoms with E-state index in [0.29, 0.717) is 28.9 Å². The minimum Gasteiger partial charge on any atom is -0.461 e. The molecule has 1 N–H and O–H groups in total. The summed E-state index contributed by atoms with van der Waals surface area (Å²) in [6, 6.07) is 8.85. The summed E-state index contributed by atoms with van der Waals surface area (Å²) in [6.07, 6.45) is 0. The van der Waals surface area contributed by atoms with E-state index in [1.165, 1.54) is 4.90 Å². The number of ether oxygens (including phenoxy) is 1. The number of benzene rings is 1. The number of esters is 1. The molecule has 6 heteroatoms. The molecule has 1 amide bonds. The number of carbonyl (C=O) groups excluding carboxylic acids is 3. The Morgan fingerprint density at radius 1 is 1.08 bits per heavy atom. The largest absolute Gasteiger partial charge is 0.461 e. The number of ketones is 1. The van der Waals surface area contributed by atoms with Crippen LogP contribution in [0.25, 0.3) is 0 Å². The molecule has 0 bridgehead atoms. The van der Waals surface area contributed by atoms with E-state index in [-0.39, 0.29) is 30.5 Å². The summed E-state index contributed by atoms with van der Waals surface area (Å²) < 4.78 is 5.01. The molecule has 0 saturated heterocycles. The number of likely N-dealkylation sites (N-methyl/N-ethyl adjacent to an activating group) is 1. The van der Waals surface area contributed by atoms with Gasteiger partial charge < -0.3 is 14.6 Å². The number of aromatic nitrogens is 1. The Kier molecular flexibility index (Phi) is 6.33. The van der Waals surface area contributed by atoms with E-state index in [9.17, 15) is 14.4 Å². The van der Waals surface area contributed by atoms with Crippen molar-refractivity contribution in [3.63, 3.8) is 0 Å². The number of nitrogens with one attached hydrogen (secondary N) is 1. The van der Waals surface area contributed by atoms with Gasteiger partial charge in [-0.3, -0.25) is 9.59 Å². The third-order valence-corrected chi connectivity index (χ3v) is 4.22. The lowest BCUT2D eigenvalue weighted by Crippen LogP contribution is -2.35. The van der Waals surface area contributed by atoms with Crippen LogP contribution in [-0.2, 0) is 4.74 Å². The van der Waals surface area contributed by atoms with E-state index in [1.807, 2.05) is 13.0 Å². The van der Waals surface area contributed by atoms with Crippen molar-refractivity contribution in [2.24, 2.45) is 0 Å². The van der Waals surface area contributed by atoms with E-state index in [2.05, 4.69) is 4.98 Å². The van der Waals surface area contributed by atoms with Crippen LogP contribution in [0, 0.1) is 13.8 Å². The Bertz CT molecular complexity index is 809. The number of H-pyrrole nitrogens is 1. The molecule has 1 aromatic heterocycles. The van der Waals surface area contributed by atoms with E-state index in [4.69, 9.17) is 4.74 Å². The van der Waals surface area contributed by atoms with Crippen LogP contribution in [0.3, 0.4) is 0 Å². The number of nitrogens with zero attached hydrogens (tertiary/aromatic N) is 1. The molecular formula is C20H24N2O4. The summed E-state index contributed by atoms with van der Waals surface area (Å²) in [4.78, 5) is 41.8. The number of aromatic amines is 1. The third kappa shape index (κ3) is 4.02. The molecule has 0 spiro atoms. The van der Waals surface area contributed by atoms with Crippen molar-refractivity contribution in [3.8, 4) is 0 Å². The van der Waals surface area contributed by atoms with E-state index < -0.39 is 5.97 Å². The van der Waals surface area contributed by atoms with E-state index >= 15 is 0 Å². The van der Waals surface area contributed by atoms with Gasteiger partial charge >= 0.3 is 5.97 Å². The number of Topliss-reactive ketones (excluding diaryl/α,β-unsaturated/α-hetero) is 1. The second kappa shape index (κ2) is 8.47. The highest BCUT2D eigenvalue weighted by molar-refractivity contribution is 6.05. The lowest BCUT2D eigenvalue weighted by molar-refractivity contribution is 0.0519. The van der Waals surface area contributed by atoms with E-state index in [1.54, 1.807) is 45.0 Å². The topological polar surface area (TPSA) is 79.5 Å². The van der Waals surface area contributed by atoms with Crippen LogP contribution in [0.2, 0.25) is 0 Å². The van der Waals surface area contributed by atoms with Crippen molar-refractivity contribution in [2.45, 2.75) is 27.7 Å². The van der Waals surface area contributed by atoms with Crippen LogP contribution in [0.4, 0.5) is 0 Å². The Labute approximate surface area is 153 Å². The Hall–Kier alpha value is -2.89. The summed E-state index contributed by atoms with van der Waals surface area (Å²) in [5.41, 5.74) is 2.40. The van der Waals surface area contributed by atoms with Crippen LogP contribution in [0.5, 0.6) is 0 Å². The smallest absolute Gasteiger partial charge is 0.355 e. The normalized spacial score (nSPS) is 10.5. The van der Waals surface area contributed by atoms with Gasteiger partial charge in [0.25, 0.3) is 5.91 Å². The zero-order valence-corrected chi connectivity index (χ0v) is 15.6. The highest BCUT2D eigenvalue weighted by atomic mass is 16.5. The number of hydrogen-bond donors (Lipinski definition) is 1. The quantitative estimate of drug-likeness (QED) is 0.610. The molecule has 0 aliphatic heterocycles. The fourth-order valence-corrected chi connectivity index (χ4v) is 2.92. The molecule has 0 aliphatic carbocycles. The maximum atomic E-state index is 12.8. The Morgan fingerprint density at radius 3 is 2.31 bits per heavy atom. The number of carbonyl (C=O) groups is 3. The van der Waals surface area contributed by atoms with Gasteiger partial charge in [0.2, 0.25) is 0 Å². The first-order valence-corrected chi connectivity index (χ1v) is 8.64. The summed E-state index contributed by atoms with van der Waals surface area (Å²) in [6.45, 7) is 7.61. The molecule has 1 heterocycles. The van der Waals surface area contributed by atoms with Gasteiger partial charge in [0.1, 0.15) is 5.69 Å². The summed E-state index contributed by atoms with van der Waals surface area (Å²) in [7, 11) is 0. The molecule has 1 aromatic carbocycles. The predicted octanol–water partition coefficient (Wildman–Crippen LogP) is 3.15. The van der Waals surface area contributed by atoms with Gasteiger partial charge in [-0.2, -0.15) is 0 Å². The zero-order valence-electron chi connectivity index (χ0n) is 15.6. The van der Waals surface area contributed by atoms with Crippen LogP contribution >= 0.6 is 0 Å². The molecule has 0 radical (unpaired) electrons. The van der Waals surface area contributed by atoms with Crippen molar-refractivity contribution < 1.29 is 19.1 Å². The molecule has 2 aromatic rings. The molecule has 138 valence electrons. The van der Waals surface area contributed by atoms with Crippen molar-refractivity contribution in [1.82, 2.24) is 9.88 Å². The SMILES string of the molecule is CCOC(=O)c1[nH]c(C)c(C(=O)CN(CC)C(=O)c2ccccc2)c1C. The van der Waals surface area contributed by atoms with Crippen LogP contribution in [0.1, 0.15) is 56.3 Å². The maximum absolute atomic E-state index is 12.8. The third-order valence-electron chi connectivity index (χ3n) is 4.22. The molecule has 6 nitrogen and oxygen atoms in total. The summed E-state index contributed by atoms with van der Waals surface area (Å²) >= 11 is 0. The van der Waals surface area contributed by atoms with Crippen molar-refractivity contribution in [2.75, 3.05) is 19.7 Å². The standard InChI is InChI=1S/C20H24N2O4/c1-5-22(19(24)15-10-8-7-9-11-15)12-16(23)17-13(3)18(21-14(17)4)20(25)26-6-2/h7-11,21H,5-6,12H2,1-4H3. The number of rotatable bonds is 7. The fourth-order valence-electron chi connectivity index (χ4n) is 2.92. The van der Waals surface area contributed by atoms with Crippen molar-refractivity contribution in [1.29, 1.82) is 0 Å². The minimum atomic E-state index is -0.486. The minimum absolute atomic E-state index is 0.0496. The Morgan fingerprint density at radius 2 is 1.73 bits per heavy atom. The van der Waals surface area contributed by atoms with E-state index in [0.717, 1.165) is 0 Å². The van der Waals surface area contributed by atoms with Crippen LogP contribution in [-0.4, -0.2) is 47.2 Å². The molecule has 0 fully saturated rings. The lowest BCUT2D eigenvalue weighted by atomic mass is 10.0. The summed E-state index contributed by atoms with van der Waals surface area (Å²) in [5.74, 6) is -0.893. The second-order valence-electron chi connectivity index (χ2n) is 5.95. The molecule has 2 rings (SSSR count). The summed E-state index contributed by atoms with van der Waals surface area (Å²) in [5, 5.41) is 0. The molecule has 0 atom stereocenters. The highest BCUT2D eigenvalue weighted by Crippen LogP contribution is 2.20. The molecular weight excluding hydrogens is 332 g/mol. The average Bonchev–Trinajstić information content (AvgIpc) is 2.94. The van der Waals surface area contributed by atoms with Gasteiger partial charge in [-0.25, -0.2) is 4.79 Å². The molecule has 26 heavy (non-hydrogen) atoms. The van der Waals surface area contributed by atoms with Gasteiger partial charge in [0.05, 0.1) is 13.2 Å². The number of amides is 1. The molecule has 0 unspecified atom stereocenters. The predicted molar refractivity (Wildman–Crippen MR) is 98.6 cm³/mol. The van der Waals surface area contributed by atoms with Gasteiger partial charge in [-0.1, -0.05) is 18.2 Å². The average molecular weight is 356 g/mol. The monoisotopic (exact) mass is 356 g/mol. The van der Waals surface area contributed by atoms with Gasteiger partial charge in [0, 0.05) is 23.4 Å². The first-order chi connectivity index (χ1) is 12.4. The van der Waals surface area contributed by atoms with Crippen LogP contribution < -0.4 is 0 Å². The fraction of sp³-hybridized carbons (Fsp3) is 0.350. The first kappa shape index (κ1) is 19.4. The van der Waals surface area contributed by atoms with Crippen LogP contribution in [0.15, 0.2) is 30.3 Å². The lowest BCUT2D eigenvalue weighted by Gasteiger charge is -2.20. The molecule has 0 aliphatic rings. The number of aryl methyl sites for hydroxylation is 1. The van der Waals surface area contributed by atoms with Crippen molar-refractivity contribution >= 4 is 17.7 Å². The Balaban J connectivity index is 2.23. The van der Waals surface area contributed by atoms with Gasteiger partial charge in [-0.05, 0) is 45.4 Å².